The number of fused-ring (bicyclic) bond motifs is 9. The van der Waals surface area contributed by atoms with Gasteiger partial charge in [-0.1, -0.05) is 200 Å². The van der Waals surface area contributed by atoms with E-state index in [9.17, 15) is 0 Å². The summed E-state index contributed by atoms with van der Waals surface area (Å²) in [5.74, 6) is 0. The molecule has 0 aliphatic carbocycles. The van der Waals surface area contributed by atoms with Gasteiger partial charge in [-0.2, -0.15) is 0 Å². The van der Waals surface area contributed by atoms with Crippen LogP contribution in [0.25, 0.3) is 82.5 Å². The second-order valence-corrected chi connectivity index (χ2v) is 20.6. The lowest BCUT2D eigenvalue weighted by molar-refractivity contribution is 1.13. The molecular weight excluding hydrogens is 791 g/mol. The number of hydrogen-bond acceptors (Lipinski definition) is 0. The van der Waals surface area contributed by atoms with Crippen LogP contribution >= 0.6 is 0 Å². The van der Waals surface area contributed by atoms with Gasteiger partial charge >= 0.3 is 0 Å². The van der Waals surface area contributed by atoms with E-state index in [0.29, 0.717) is 0 Å². The maximum atomic E-state index is 2.63. The number of benzene rings is 10. The Morgan fingerprint density at radius 2 is 0.672 bits per heavy atom. The first kappa shape index (κ1) is 36.5. The van der Waals surface area contributed by atoms with Gasteiger partial charge in [0.1, 0.15) is 0 Å². The van der Waals surface area contributed by atoms with Crippen molar-refractivity contribution in [3.8, 4) is 17.1 Å². The Kier molecular flexibility index (Phi) is 8.23. The number of aromatic nitrogens is 3. The molecule has 0 amide bonds. The summed E-state index contributed by atoms with van der Waals surface area (Å²) in [6, 6.07) is 92.5. The summed E-state index contributed by atoms with van der Waals surface area (Å²) < 4.78 is 7.56. The molecule has 0 fully saturated rings. The number of hydrogen-bond donors (Lipinski definition) is 0. The van der Waals surface area contributed by atoms with Gasteiger partial charge in [-0.05, 0) is 69.3 Å². The quantitative estimate of drug-likeness (QED) is 0.112. The van der Waals surface area contributed by atoms with Gasteiger partial charge in [-0.3, -0.25) is 0 Å². The van der Waals surface area contributed by atoms with Gasteiger partial charge < -0.3 is 13.7 Å². The normalized spacial score (nSPS) is 12.1. The third kappa shape index (κ3) is 5.21. The molecule has 3 heterocycles. The molecule has 4 heteroatoms. The minimum atomic E-state index is -3.04. The Labute approximate surface area is 372 Å². The van der Waals surface area contributed by atoms with Gasteiger partial charge in [0, 0.05) is 43.7 Å². The van der Waals surface area contributed by atoms with E-state index in [1.807, 2.05) is 0 Å². The molecule has 0 saturated heterocycles. The van der Waals surface area contributed by atoms with Gasteiger partial charge in [0.15, 0.2) is 8.07 Å². The maximum Gasteiger partial charge on any atom is 0.181 e. The largest absolute Gasteiger partial charge is 0.309 e. The molecular formula is C60H41N3Si. The predicted octanol–water partition coefficient (Wildman–Crippen LogP) is 12.4. The van der Waals surface area contributed by atoms with E-state index in [0.717, 1.165) is 17.1 Å². The van der Waals surface area contributed by atoms with E-state index < -0.39 is 8.07 Å². The Morgan fingerprint density at radius 1 is 0.250 bits per heavy atom. The monoisotopic (exact) mass is 831 g/mol. The second kappa shape index (κ2) is 14.5. The zero-order valence-corrected chi connectivity index (χ0v) is 36.0. The fraction of sp³-hybridized carbons (Fsp3) is 0. The molecule has 0 bridgehead atoms. The maximum absolute atomic E-state index is 3.04. The first-order valence-electron chi connectivity index (χ1n) is 22.1. The van der Waals surface area contributed by atoms with E-state index in [1.165, 1.54) is 86.2 Å². The lowest BCUT2D eigenvalue weighted by Crippen LogP contribution is -2.75. The molecule has 13 aromatic rings. The van der Waals surface area contributed by atoms with Crippen LogP contribution < -0.4 is 20.7 Å². The van der Waals surface area contributed by atoms with Crippen LogP contribution in [0.3, 0.4) is 0 Å². The highest BCUT2D eigenvalue weighted by molar-refractivity contribution is 7.20. The van der Waals surface area contributed by atoms with Gasteiger partial charge in [0.2, 0.25) is 0 Å². The van der Waals surface area contributed by atoms with Crippen LogP contribution in [-0.4, -0.2) is 21.8 Å². The van der Waals surface area contributed by atoms with Crippen LogP contribution in [0.5, 0.6) is 0 Å². The summed E-state index contributed by atoms with van der Waals surface area (Å²) in [7, 11) is -3.04. The summed E-state index contributed by atoms with van der Waals surface area (Å²) in [6.07, 6.45) is 0. The third-order valence-corrected chi connectivity index (χ3v) is 18.4. The summed E-state index contributed by atoms with van der Waals surface area (Å²) in [4.78, 5) is 0. The van der Waals surface area contributed by atoms with E-state index >= 15 is 0 Å². The van der Waals surface area contributed by atoms with Crippen LogP contribution in [0.4, 0.5) is 0 Å². The van der Waals surface area contributed by atoms with Crippen LogP contribution in [0.2, 0.25) is 0 Å². The fourth-order valence-corrected chi connectivity index (χ4v) is 16.0. The molecule has 0 unspecified atom stereocenters. The average Bonchev–Trinajstić information content (AvgIpc) is 4.01. The first-order chi connectivity index (χ1) is 31.8. The van der Waals surface area contributed by atoms with Gasteiger partial charge in [0.25, 0.3) is 0 Å². The summed E-state index contributed by atoms with van der Waals surface area (Å²) >= 11 is 0. The fourth-order valence-electron chi connectivity index (χ4n) is 11.0. The van der Waals surface area contributed by atoms with Crippen molar-refractivity contribution in [1.29, 1.82) is 0 Å². The Bertz CT molecular complexity index is 3730. The van der Waals surface area contributed by atoms with Crippen molar-refractivity contribution in [2.45, 2.75) is 0 Å². The smallest absolute Gasteiger partial charge is 0.181 e. The molecule has 3 aromatic heterocycles. The molecule has 13 rings (SSSR count). The molecule has 64 heavy (non-hydrogen) atoms. The highest BCUT2D eigenvalue weighted by Gasteiger charge is 2.43. The molecule has 3 nitrogen and oxygen atoms in total. The first-order valence-corrected chi connectivity index (χ1v) is 24.1. The Morgan fingerprint density at radius 3 is 1.22 bits per heavy atom. The molecule has 0 aliphatic rings. The van der Waals surface area contributed by atoms with E-state index in [2.05, 4.69) is 262 Å². The number of rotatable bonds is 7. The minimum absolute atomic E-state index is 1.12. The van der Waals surface area contributed by atoms with Crippen LogP contribution in [0, 0.1) is 0 Å². The van der Waals surface area contributed by atoms with Crippen molar-refractivity contribution in [2.24, 2.45) is 0 Å². The molecule has 0 saturated carbocycles. The van der Waals surface area contributed by atoms with Crippen molar-refractivity contribution in [3.63, 3.8) is 0 Å². The average molecular weight is 832 g/mol. The molecule has 0 N–H and O–H groups in total. The lowest BCUT2D eigenvalue weighted by Gasteiger charge is -2.35. The van der Waals surface area contributed by atoms with Crippen LogP contribution in [0.1, 0.15) is 0 Å². The molecule has 300 valence electrons. The molecule has 0 atom stereocenters. The molecule has 0 aliphatic heterocycles. The SMILES string of the molecule is c1ccc(-n2c3ccccc3c3ccc(-n4c5c(-n6c7ccccc7c7ccccc76)cccc5c5cccc([Si](c6ccccc6)(c6ccccc6)c6ccccc6)c54)cc32)cc1. The van der Waals surface area contributed by atoms with Crippen LogP contribution in [-0.2, 0) is 0 Å². The summed E-state index contributed by atoms with van der Waals surface area (Å²) in [5, 5.41) is 12.8. The van der Waals surface area contributed by atoms with Crippen molar-refractivity contribution in [2.75, 3.05) is 0 Å². The zero-order chi connectivity index (χ0) is 42.2. The van der Waals surface area contributed by atoms with Gasteiger partial charge in [-0.25, -0.2) is 0 Å². The highest BCUT2D eigenvalue weighted by Crippen LogP contribution is 2.41. The Hall–Kier alpha value is -8.18. The predicted molar refractivity (Wildman–Crippen MR) is 273 cm³/mol. The molecule has 0 spiro atoms. The van der Waals surface area contributed by atoms with Crippen molar-refractivity contribution in [1.82, 2.24) is 13.7 Å². The minimum Gasteiger partial charge on any atom is -0.309 e. The zero-order valence-electron chi connectivity index (χ0n) is 35.0. The molecule has 0 radical (unpaired) electrons. The van der Waals surface area contributed by atoms with Gasteiger partial charge in [0.05, 0.1) is 38.8 Å². The van der Waals surface area contributed by atoms with E-state index in [4.69, 9.17) is 0 Å². The van der Waals surface area contributed by atoms with E-state index in [-0.39, 0.29) is 0 Å². The number of para-hydroxylation sites is 6. The topological polar surface area (TPSA) is 14.8 Å². The van der Waals surface area contributed by atoms with Crippen molar-refractivity contribution >= 4 is 94.2 Å². The second-order valence-electron chi connectivity index (χ2n) is 16.8. The third-order valence-electron chi connectivity index (χ3n) is 13.6. The van der Waals surface area contributed by atoms with Crippen molar-refractivity contribution in [3.05, 3.63) is 249 Å². The highest BCUT2D eigenvalue weighted by atomic mass is 28.3. The Balaban J connectivity index is 1.25. The van der Waals surface area contributed by atoms with Crippen molar-refractivity contribution < 1.29 is 0 Å². The summed E-state index contributed by atoms with van der Waals surface area (Å²) in [5.41, 5.74) is 10.6. The number of nitrogens with zero attached hydrogens (tertiary/aromatic N) is 3. The molecule has 10 aromatic carbocycles. The van der Waals surface area contributed by atoms with Gasteiger partial charge in [-0.15, -0.1) is 0 Å². The van der Waals surface area contributed by atoms with Crippen LogP contribution in [0.15, 0.2) is 249 Å². The van der Waals surface area contributed by atoms with E-state index in [1.54, 1.807) is 0 Å². The lowest BCUT2D eigenvalue weighted by atomic mass is 10.1. The summed E-state index contributed by atoms with van der Waals surface area (Å²) in [6.45, 7) is 0. The standard InChI is InChI=1S/C60H41N3Si/c1-5-21-42(22-6-1)61-53-34-16-13-31-49(53)50-40-39-43(41-57(50)61)62-59-51(32-19-37-56(59)63-54-35-17-14-29-47(54)48-30-15-18-36-55(48)63)52-33-20-38-58(60(52)62)64(44-23-7-2-8-24-44,45-25-9-3-10-26-45)46-27-11-4-12-28-46/h1-41H.